The highest BCUT2D eigenvalue weighted by atomic mass is 16.1. The minimum Gasteiger partial charge on any atom is -0.287 e. The Kier molecular flexibility index (Phi) is 2.06. The third kappa shape index (κ3) is 1.52. The van der Waals surface area contributed by atoms with Gasteiger partial charge in [-0.3, -0.25) is 9.48 Å². The lowest BCUT2D eigenvalue weighted by Gasteiger charge is -1.94. The van der Waals surface area contributed by atoms with Gasteiger partial charge in [-0.1, -0.05) is 0 Å². The first kappa shape index (κ1) is 8.55. The third-order valence-corrected chi connectivity index (χ3v) is 1.79. The van der Waals surface area contributed by atoms with E-state index >= 15 is 0 Å². The summed E-state index contributed by atoms with van der Waals surface area (Å²) in [5, 5.41) is 11.2. The van der Waals surface area contributed by atoms with Crippen LogP contribution < -0.4 is 0 Å². The zero-order chi connectivity index (χ0) is 9.97. The van der Waals surface area contributed by atoms with Gasteiger partial charge in [-0.2, -0.15) is 15.3 Å². The topological polar surface area (TPSA) is 60.7 Å². The average Bonchev–Trinajstić information content (AvgIpc) is 2.65. The number of aromatic nitrogens is 4. The van der Waals surface area contributed by atoms with Gasteiger partial charge in [0, 0.05) is 18.8 Å². The Labute approximate surface area is 80.4 Å². The van der Waals surface area contributed by atoms with Crippen molar-refractivity contribution in [1.82, 2.24) is 20.0 Å². The summed E-state index contributed by atoms with van der Waals surface area (Å²) in [6, 6.07) is 3.28. The maximum Gasteiger partial charge on any atom is 0.214 e. The van der Waals surface area contributed by atoms with E-state index in [1.807, 2.05) is 0 Å². The first-order valence-corrected chi connectivity index (χ1v) is 4.08. The smallest absolute Gasteiger partial charge is 0.214 e. The molecule has 0 unspecified atom stereocenters. The van der Waals surface area contributed by atoms with Gasteiger partial charge in [0.2, 0.25) is 5.78 Å². The van der Waals surface area contributed by atoms with Crippen LogP contribution in [0.25, 0.3) is 0 Å². The second-order valence-electron chi connectivity index (χ2n) is 2.83. The summed E-state index contributed by atoms with van der Waals surface area (Å²) in [6.07, 6.45) is 4.63. The van der Waals surface area contributed by atoms with E-state index in [0.717, 1.165) is 0 Å². The number of hydrogen-bond donors (Lipinski definition) is 0. The number of rotatable bonds is 2. The van der Waals surface area contributed by atoms with Gasteiger partial charge in [0.25, 0.3) is 0 Å². The van der Waals surface area contributed by atoms with E-state index in [1.54, 1.807) is 30.1 Å². The average molecular weight is 188 g/mol. The van der Waals surface area contributed by atoms with E-state index in [-0.39, 0.29) is 5.78 Å². The normalized spacial score (nSPS) is 10.1. The number of hydrogen-bond acceptors (Lipinski definition) is 4. The molecule has 0 saturated carbocycles. The summed E-state index contributed by atoms with van der Waals surface area (Å²) in [4.78, 5) is 11.7. The molecule has 0 amide bonds. The fourth-order valence-corrected chi connectivity index (χ4v) is 1.11. The second kappa shape index (κ2) is 3.37. The van der Waals surface area contributed by atoms with Crippen LogP contribution in [0.2, 0.25) is 0 Å². The molecule has 0 radical (unpaired) electrons. The highest BCUT2D eigenvalue weighted by Crippen LogP contribution is 2.04. The molecule has 0 atom stereocenters. The summed E-state index contributed by atoms with van der Waals surface area (Å²) >= 11 is 0. The molecule has 0 aliphatic rings. The zero-order valence-electron chi connectivity index (χ0n) is 7.58. The maximum atomic E-state index is 11.7. The fourth-order valence-electron chi connectivity index (χ4n) is 1.11. The fraction of sp³-hybridized carbons (Fsp3) is 0.111. The molecule has 2 rings (SSSR count). The predicted molar refractivity (Wildman–Crippen MR) is 48.7 cm³/mol. The molecule has 5 heteroatoms. The van der Waals surface area contributed by atoms with Crippen LogP contribution in [-0.4, -0.2) is 25.8 Å². The molecule has 2 aromatic rings. The van der Waals surface area contributed by atoms with E-state index in [4.69, 9.17) is 0 Å². The lowest BCUT2D eigenvalue weighted by atomic mass is 10.1. The molecule has 0 spiro atoms. The molecule has 0 aliphatic carbocycles. The van der Waals surface area contributed by atoms with Crippen molar-refractivity contribution >= 4 is 5.78 Å². The van der Waals surface area contributed by atoms with Crippen LogP contribution in [0, 0.1) is 0 Å². The molecule has 0 fully saturated rings. The van der Waals surface area contributed by atoms with Gasteiger partial charge in [-0.25, -0.2) is 0 Å². The van der Waals surface area contributed by atoms with E-state index < -0.39 is 0 Å². The Morgan fingerprint density at radius 3 is 2.79 bits per heavy atom. The van der Waals surface area contributed by atoms with Crippen molar-refractivity contribution in [1.29, 1.82) is 0 Å². The second-order valence-corrected chi connectivity index (χ2v) is 2.83. The lowest BCUT2D eigenvalue weighted by Crippen LogP contribution is -2.04. The molecular formula is C9H8N4O. The molecule has 0 aliphatic heterocycles. The third-order valence-electron chi connectivity index (χ3n) is 1.79. The molecule has 0 N–H and O–H groups in total. The van der Waals surface area contributed by atoms with Crippen LogP contribution >= 0.6 is 0 Å². The highest BCUT2D eigenvalue weighted by Gasteiger charge is 2.11. The van der Waals surface area contributed by atoms with Crippen molar-refractivity contribution in [2.45, 2.75) is 0 Å². The molecular weight excluding hydrogens is 180 g/mol. The molecule has 0 aromatic carbocycles. The van der Waals surface area contributed by atoms with Gasteiger partial charge in [0.1, 0.15) is 5.69 Å². The van der Waals surface area contributed by atoms with Crippen LogP contribution in [0.4, 0.5) is 0 Å². The standard InChI is InChI=1S/C9H8N4O/c1-13-5-3-8(12-13)9(14)7-2-4-10-11-6-7/h2-6H,1H3. The molecule has 14 heavy (non-hydrogen) atoms. The van der Waals surface area contributed by atoms with Gasteiger partial charge in [-0.05, 0) is 12.1 Å². The number of carbonyl (C=O) groups is 1. The van der Waals surface area contributed by atoms with Crippen LogP contribution in [0.1, 0.15) is 16.1 Å². The Bertz CT molecular complexity index is 449. The number of nitrogens with zero attached hydrogens (tertiary/aromatic N) is 4. The van der Waals surface area contributed by atoms with Gasteiger partial charge >= 0.3 is 0 Å². The Balaban J connectivity index is 2.34. The minimum absolute atomic E-state index is 0.138. The highest BCUT2D eigenvalue weighted by molar-refractivity contribution is 6.07. The van der Waals surface area contributed by atoms with Gasteiger partial charge in [0.05, 0.1) is 12.4 Å². The zero-order valence-corrected chi connectivity index (χ0v) is 7.58. The summed E-state index contributed by atoms with van der Waals surface area (Å²) in [6.45, 7) is 0. The lowest BCUT2D eigenvalue weighted by molar-refractivity contribution is 0.103. The Morgan fingerprint density at radius 2 is 2.21 bits per heavy atom. The summed E-state index contributed by atoms with van der Waals surface area (Å²) < 4.78 is 1.59. The predicted octanol–water partition coefficient (Wildman–Crippen LogP) is 0.441. The van der Waals surface area contributed by atoms with Crippen LogP contribution in [0.15, 0.2) is 30.7 Å². The van der Waals surface area contributed by atoms with Crippen molar-refractivity contribution in [3.8, 4) is 0 Å². The summed E-state index contributed by atoms with van der Waals surface area (Å²) in [5.41, 5.74) is 0.916. The molecule has 2 aromatic heterocycles. The van der Waals surface area contributed by atoms with E-state index in [1.165, 1.54) is 12.4 Å². The molecule has 0 bridgehead atoms. The van der Waals surface area contributed by atoms with Crippen LogP contribution in [0.5, 0.6) is 0 Å². The van der Waals surface area contributed by atoms with Crippen molar-refractivity contribution in [3.63, 3.8) is 0 Å². The van der Waals surface area contributed by atoms with Crippen molar-refractivity contribution in [2.24, 2.45) is 7.05 Å². The van der Waals surface area contributed by atoms with E-state index in [0.29, 0.717) is 11.3 Å². The minimum atomic E-state index is -0.138. The van der Waals surface area contributed by atoms with Crippen molar-refractivity contribution in [3.05, 3.63) is 42.0 Å². The van der Waals surface area contributed by atoms with Gasteiger partial charge in [-0.15, -0.1) is 0 Å². The molecule has 2 heterocycles. The molecule has 0 saturated heterocycles. The number of carbonyl (C=O) groups excluding carboxylic acids is 1. The van der Waals surface area contributed by atoms with Crippen molar-refractivity contribution < 1.29 is 4.79 Å². The monoisotopic (exact) mass is 188 g/mol. The SMILES string of the molecule is Cn1ccc(C(=O)c2ccnnc2)n1. The maximum absolute atomic E-state index is 11.7. The van der Waals surface area contributed by atoms with Crippen molar-refractivity contribution in [2.75, 3.05) is 0 Å². The summed E-state index contributed by atoms with van der Waals surface area (Å²) in [5.74, 6) is -0.138. The van der Waals surface area contributed by atoms with Gasteiger partial charge < -0.3 is 0 Å². The number of ketones is 1. The van der Waals surface area contributed by atoms with E-state index in [9.17, 15) is 4.79 Å². The Morgan fingerprint density at radius 1 is 1.36 bits per heavy atom. The van der Waals surface area contributed by atoms with E-state index in [2.05, 4.69) is 15.3 Å². The largest absolute Gasteiger partial charge is 0.287 e. The Hall–Kier alpha value is -2.04. The van der Waals surface area contributed by atoms with Gasteiger partial charge in [0.15, 0.2) is 0 Å². The van der Waals surface area contributed by atoms with Crippen LogP contribution in [0.3, 0.4) is 0 Å². The summed E-state index contributed by atoms with van der Waals surface area (Å²) in [7, 11) is 1.77. The number of aryl methyl sites for hydroxylation is 1. The molecule has 5 nitrogen and oxygen atoms in total. The van der Waals surface area contributed by atoms with Crippen LogP contribution in [-0.2, 0) is 7.05 Å². The first-order valence-electron chi connectivity index (χ1n) is 4.08. The quantitative estimate of drug-likeness (QED) is 0.641. The molecule has 70 valence electrons. The first-order chi connectivity index (χ1) is 6.77.